The Hall–Kier alpha value is -5.05. The van der Waals surface area contributed by atoms with Crippen LogP contribution >= 0.6 is 0 Å². The monoisotopic (exact) mass is 593 g/mol. The predicted molar refractivity (Wildman–Crippen MR) is 164 cm³/mol. The van der Waals surface area contributed by atoms with Crippen molar-refractivity contribution in [2.45, 2.75) is 52.0 Å². The van der Waals surface area contributed by atoms with Gasteiger partial charge in [-0.15, -0.1) is 0 Å². The Morgan fingerprint density at radius 1 is 1.02 bits per heavy atom. The summed E-state index contributed by atoms with van der Waals surface area (Å²) in [6.07, 6.45) is 6.59. The number of aryl methyl sites for hydroxylation is 1. The van der Waals surface area contributed by atoms with E-state index in [0.717, 1.165) is 16.9 Å². The first-order valence-corrected chi connectivity index (χ1v) is 14.9. The van der Waals surface area contributed by atoms with Crippen molar-refractivity contribution in [3.8, 4) is 17.2 Å². The number of hydrogen-bond donors (Lipinski definition) is 1. The van der Waals surface area contributed by atoms with Gasteiger partial charge >= 0.3 is 0 Å². The van der Waals surface area contributed by atoms with Crippen LogP contribution in [0.25, 0.3) is 5.76 Å². The van der Waals surface area contributed by atoms with E-state index in [4.69, 9.17) is 14.2 Å². The fourth-order valence-corrected chi connectivity index (χ4v) is 5.84. The van der Waals surface area contributed by atoms with E-state index in [2.05, 4.69) is 4.98 Å². The van der Waals surface area contributed by atoms with Gasteiger partial charge in [-0.1, -0.05) is 36.4 Å². The van der Waals surface area contributed by atoms with Crippen LogP contribution in [0.3, 0.4) is 0 Å². The molecule has 1 N–H and O–H groups in total. The van der Waals surface area contributed by atoms with Crippen LogP contribution in [0, 0.1) is 0 Å². The van der Waals surface area contributed by atoms with Crippen LogP contribution in [0.15, 0.2) is 91.0 Å². The molecule has 2 atom stereocenters. The summed E-state index contributed by atoms with van der Waals surface area (Å²) in [6.45, 7) is 5.54. The van der Waals surface area contributed by atoms with Crippen molar-refractivity contribution in [1.82, 2.24) is 14.5 Å². The number of likely N-dealkylation sites (tertiary alicyclic amines) is 1. The van der Waals surface area contributed by atoms with Crippen molar-refractivity contribution in [2.24, 2.45) is 0 Å². The van der Waals surface area contributed by atoms with Gasteiger partial charge in [-0.25, -0.2) is 4.98 Å². The Balaban J connectivity index is 1.37. The van der Waals surface area contributed by atoms with Crippen LogP contribution < -0.4 is 14.2 Å². The largest absolute Gasteiger partial charge is 0.507 e. The molecule has 6 rings (SSSR count). The maximum absolute atomic E-state index is 13.6. The Bertz CT molecular complexity index is 1680. The summed E-state index contributed by atoms with van der Waals surface area (Å²) in [7, 11) is 0. The lowest BCUT2D eigenvalue weighted by Gasteiger charge is -2.26. The van der Waals surface area contributed by atoms with Gasteiger partial charge < -0.3 is 28.8 Å². The number of hydrogen-bond acceptors (Lipinski definition) is 7. The minimum atomic E-state index is -0.816. The predicted octanol–water partition coefficient (Wildman–Crippen LogP) is 5.70. The summed E-state index contributed by atoms with van der Waals surface area (Å²) in [6, 6.07) is 19.8. The highest BCUT2D eigenvalue weighted by Crippen LogP contribution is 2.43. The molecule has 9 nitrogen and oxygen atoms in total. The van der Waals surface area contributed by atoms with Crippen molar-refractivity contribution in [2.75, 3.05) is 13.2 Å². The van der Waals surface area contributed by atoms with E-state index in [-0.39, 0.29) is 17.4 Å². The van der Waals surface area contributed by atoms with Crippen molar-refractivity contribution >= 4 is 17.4 Å². The first-order chi connectivity index (χ1) is 21.4. The number of aromatic nitrogens is 2. The third-order valence-corrected chi connectivity index (χ3v) is 7.90. The second-order valence-corrected chi connectivity index (χ2v) is 11.0. The zero-order valence-corrected chi connectivity index (χ0v) is 24.8. The lowest BCUT2D eigenvalue weighted by atomic mass is 9.94. The van der Waals surface area contributed by atoms with E-state index in [0.29, 0.717) is 61.8 Å². The van der Waals surface area contributed by atoms with Crippen LogP contribution in [0.1, 0.15) is 48.6 Å². The highest BCUT2D eigenvalue weighted by atomic mass is 16.5. The molecular formula is C35H35N3O6. The molecule has 4 aromatic rings. The SMILES string of the molecule is CCOc1cc([C@@H]2/C(=C(\O)c3ccc4c(c3)C[C@H](C)O4)C(=O)C(=O)N2CCCn2ccnc2)ccc1OCc1ccccc1. The molecule has 2 aliphatic rings. The van der Waals surface area contributed by atoms with Crippen LogP contribution in [-0.4, -0.2) is 50.5 Å². The van der Waals surface area contributed by atoms with Gasteiger partial charge in [0.2, 0.25) is 0 Å². The normalized spacial score (nSPS) is 18.7. The summed E-state index contributed by atoms with van der Waals surface area (Å²) in [4.78, 5) is 32.8. The molecule has 0 bridgehead atoms. The average Bonchev–Trinajstić information content (AvgIpc) is 3.75. The molecule has 1 aromatic heterocycles. The lowest BCUT2D eigenvalue weighted by molar-refractivity contribution is -0.139. The molecule has 3 heterocycles. The minimum absolute atomic E-state index is 0.0306. The zero-order chi connectivity index (χ0) is 30.6. The second-order valence-electron chi connectivity index (χ2n) is 11.0. The van der Waals surface area contributed by atoms with Crippen molar-refractivity contribution in [3.63, 3.8) is 0 Å². The average molecular weight is 594 g/mol. The number of imidazole rings is 1. The van der Waals surface area contributed by atoms with Gasteiger partial charge in [0.05, 0.1) is 24.5 Å². The molecule has 9 heteroatoms. The number of benzene rings is 3. The highest BCUT2D eigenvalue weighted by molar-refractivity contribution is 6.46. The quantitative estimate of drug-likeness (QED) is 0.135. The van der Waals surface area contributed by atoms with Gasteiger partial charge in [-0.3, -0.25) is 9.59 Å². The molecule has 0 aliphatic carbocycles. The Morgan fingerprint density at radius 2 is 1.86 bits per heavy atom. The van der Waals surface area contributed by atoms with Crippen LogP contribution in [0.5, 0.6) is 17.2 Å². The molecule has 1 fully saturated rings. The van der Waals surface area contributed by atoms with Crippen LogP contribution in [0.4, 0.5) is 0 Å². The second kappa shape index (κ2) is 12.7. The fourth-order valence-electron chi connectivity index (χ4n) is 5.84. The zero-order valence-electron chi connectivity index (χ0n) is 24.8. The molecule has 44 heavy (non-hydrogen) atoms. The molecule has 226 valence electrons. The van der Waals surface area contributed by atoms with Gasteiger partial charge in [0.1, 0.15) is 24.2 Å². The Morgan fingerprint density at radius 3 is 2.64 bits per heavy atom. The van der Waals surface area contributed by atoms with Gasteiger partial charge in [-0.05, 0) is 67.3 Å². The van der Waals surface area contributed by atoms with Gasteiger partial charge in [0.15, 0.2) is 11.5 Å². The molecule has 0 spiro atoms. The first-order valence-electron chi connectivity index (χ1n) is 14.9. The summed E-state index contributed by atoms with van der Waals surface area (Å²) < 4.78 is 19.8. The van der Waals surface area contributed by atoms with E-state index >= 15 is 0 Å². The molecule has 2 aliphatic heterocycles. The number of aliphatic hydroxyl groups excluding tert-OH is 1. The molecule has 3 aromatic carbocycles. The number of rotatable bonds is 11. The number of carbonyl (C=O) groups excluding carboxylic acids is 2. The van der Waals surface area contributed by atoms with E-state index in [1.165, 1.54) is 0 Å². The number of ketones is 1. The van der Waals surface area contributed by atoms with Crippen LogP contribution in [0.2, 0.25) is 0 Å². The van der Waals surface area contributed by atoms with E-state index < -0.39 is 17.7 Å². The molecule has 1 saturated heterocycles. The van der Waals surface area contributed by atoms with Crippen molar-refractivity contribution in [3.05, 3.63) is 113 Å². The van der Waals surface area contributed by atoms with E-state index in [1.54, 1.807) is 41.7 Å². The third kappa shape index (κ3) is 5.90. The standard InChI is InChI=1S/C35H35N3O6/c1-3-42-30-20-25(10-13-29(30)43-21-24-8-5-4-6-9-24)32-31(33(39)26-11-12-28-27(19-26)18-23(2)44-28)34(40)35(41)38(32)16-7-15-37-17-14-36-22-37/h4-6,8-14,17,19-20,22-23,32,39H,3,7,15-16,18,21H2,1-2H3/b33-31+/t23-,32+/m0/s1. The minimum Gasteiger partial charge on any atom is -0.507 e. The molecule has 1 amide bonds. The first kappa shape index (κ1) is 29.0. The molecule has 0 saturated carbocycles. The number of amides is 1. The topological polar surface area (TPSA) is 103 Å². The molecule has 0 radical (unpaired) electrons. The summed E-state index contributed by atoms with van der Waals surface area (Å²) >= 11 is 0. The highest BCUT2D eigenvalue weighted by Gasteiger charge is 2.46. The van der Waals surface area contributed by atoms with Crippen LogP contribution in [-0.2, 0) is 29.2 Å². The maximum Gasteiger partial charge on any atom is 0.295 e. The number of ether oxygens (including phenoxy) is 3. The van der Waals surface area contributed by atoms with Gasteiger partial charge in [0, 0.05) is 37.5 Å². The number of nitrogens with zero attached hydrogens (tertiary/aromatic N) is 3. The molecular weight excluding hydrogens is 558 g/mol. The summed E-state index contributed by atoms with van der Waals surface area (Å²) in [5.41, 5.74) is 3.12. The third-order valence-electron chi connectivity index (χ3n) is 7.90. The van der Waals surface area contributed by atoms with Crippen molar-refractivity contribution in [1.29, 1.82) is 0 Å². The fraction of sp³-hybridized carbons (Fsp3) is 0.286. The smallest absolute Gasteiger partial charge is 0.295 e. The Labute approximate surface area is 256 Å². The van der Waals surface area contributed by atoms with E-state index in [9.17, 15) is 14.7 Å². The molecule has 0 unspecified atom stereocenters. The van der Waals surface area contributed by atoms with Gasteiger partial charge in [0.25, 0.3) is 11.7 Å². The summed E-state index contributed by atoms with van der Waals surface area (Å²) in [5.74, 6) is 0.219. The van der Waals surface area contributed by atoms with Gasteiger partial charge in [-0.2, -0.15) is 0 Å². The number of Topliss-reactive ketones (excluding diaryl/α,β-unsaturated/α-hetero) is 1. The lowest BCUT2D eigenvalue weighted by Crippen LogP contribution is -2.31. The van der Waals surface area contributed by atoms with Crippen molar-refractivity contribution < 1.29 is 28.9 Å². The number of aliphatic hydroxyl groups is 1. The Kier molecular flexibility index (Phi) is 8.36. The van der Waals surface area contributed by atoms with E-state index in [1.807, 2.05) is 67.1 Å². The number of carbonyl (C=O) groups is 2. The number of fused-ring (bicyclic) bond motifs is 1. The summed E-state index contributed by atoms with van der Waals surface area (Å²) in [5, 5.41) is 11.6. The maximum atomic E-state index is 13.6.